The first-order valence-corrected chi connectivity index (χ1v) is 7.27. The van der Waals surface area contributed by atoms with Crippen molar-refractivity contribution in [2.45, 2.75) is 18.4 Å². The Hall–Kier alpha value is -1.16. The van der Waals surface area contributed by atoms with Crippen molar-refractivity contribution in [3.63, 3.8) is 0 Å². The number of fused-ring (bicyclic) bond motifs is 1. The minimum atomic E-state index is -0.383. The van der Waals surface area contributed by atoms with E-state index >= 15 is 0 Å². The standard InChI is InChI=1S/C15H17NOS/c17-15(12-5-6-18-10-12)9-16-8-13-7-11-3-1-2-4-14(11)13/h1-6,10,13,15-17H,7-9H2. The van der Waals surface area contributed by atoms with Crippen molar-refractivity contribution in [2.75, 3.05) is 13.1 Å². The number of aliphatic hydroxyl groups is 1. The lowest BCUT2D eigenvalue weighted by molar-refractivity contribution is 0.174. The molecule has 0 saturated carbocycles. The van der Waals surface area contributed by atoms with Crippen LogP contribution in [0.3, 0.4) is 0 Å². The molecule has 0 amide bonds. The summed E-state index contributed by atoms with van der Waals surface area (Å²) in [6.07, 6.45) is 0.782. The van der Waals surface area contributed by atoms with Crippen LogP contribution in [0.15, 0.2) is 41.1 Å². The van der Waals surface area contributed by atoms with Gasteiger partial charge >= 0.3 is 0 Å². The van der Waals surface area contributed by atoms with E-state index in [1.54, 1.807) is 11.3 Å². The minimum Gasteiger partial charge on any atom is -0.387 e. The van der Waals surface area contributed by atoms with Crippen LogP contribution in [0.2, 0.25) is 0 Å². The summed E-state index contributed by atoms with van der Waals surface area (Å²) < 4.78 is 0. The van der Waals surface area contributed by atoms with E-state index in [9.17, 15) is 5.11 Å². The Kier molecular flexibility index (Phi) is 3.46. The Bertz CT molecular complexity index is 509. The van der Waals surface area contributed by atoms with E-state index in [1.165, 1.54) is 11.1 Å². The average Bonchev–Trinajstić information content (AvgIpc) is 2.88. The molecule has 0 bridgehead atoms. The molecular formula is C15H17NOS. The topological polar surface area (TPSA) is 32.3 Å². The van der Waals surface area contributed by atoms with Gasteiger partial charge in [-0.05, 0) is 39.9 Å². The third-order valence-corrected chi connectivity index (χ3v) is 4.32. The fraction of sp³-hybridized carbons (Fsp3) is 0.333. The van der Waals surface area contributed by atoms with Crippen molar-refractivity contribution in [3.8, 4) is 0 Å². The molecule has 0 fully saturated rings. The second kappa shape index (κ2) is 5.22. The fourth-order valence-corrected chi connectivity index (χ4v) is 3.23. The molecule has 1 aliphatic rings. The van der Waals surface area contributed by atoms with Crippen molar-refractivity contribution < 1.29 is 5.11 Å². The Morgan fingerprint density at radius 2 is 2.22 bits per heavy atom. The summed E-state index contributed by atoms with van der Waals surface area (Å²) in [5, 5.41) is 17.3. The molecule has 0 spiro atoms. The molecule has 0 aliphatic heterocycles. The average molecular weight is 259 g/mol. The normalized spacial score (nSPS) is 19.1. The molecular weight excluding hydrogens is 242 g/mol. The lowest BCUT2D eigenvalue weighted by Crippen LogP contribution is -2.31. The van der Waals surface area contributed by atoms with Gasteiger partial charge in [-0.25, -0.2) is 0 Å². The molecule has 94 valence electrons. The third-order valence-electron chi connectivity index (χ3n) is 3.62. The van der Waals surface area contributed by atoms with Gasteiger partial charge in [-0.3, -0.25) is 0 Å². The third kappa shape index (κ3) is 2.34. The van der Waals surface area contributed by atoms with Gasteiger partial charge in [0.05, 0.1) is 6.10 Å². The quantitative estimate of drug-likeness (QED) is 0.865. The van der Waals surface area contributed by atoms with Crippen molar-refractivity contribution in [3.05, 3.63) is 57.8 Å². The molecule has 1 aromatic carbocycles. The zero-order valence-corrected chi connectivity index (χ0v) is 11.0. The number of nitrogens with one attached hydrogen (secondary N) is 1. The van der Waals surface area contributed by atoms with Gasteiger partial charge in [-0.1, -0.05) is 24.3 Å². The van der Waals surface area contributed by atoms with Gasteiger partial charge in [-0.2, -0.15) is 11.3 Å². The molecule has 1 heterocycles. The van der Waals surface area contributed by atoms with Gasteiger partial charge in [0.2, 0.25) is 0 Å². The molecule has 0 saturated heterocycles. The fourth-order valence-electron chi connectivity index (χ4n) is 2.52. The van der Waals surface area contributed by atoms with Gasteiger partial charge in [0.1, 0.15) is 0 Å². The maximum Gasteiger partial charge on any atom is 0.0922 e. The number of benzene rings is 1. The van der Waals surface area contributed by atoms with Gasteiger partial charge < -0.3 is 10.4 Å². The predicted molar refractivity (Wildman–Crippen MR) is 75.0 cm³/mol. The molecule has 2 aromatic rings. The molecule has 1 aliphatic carbocycles. The van der Waals surface area contributed by atoms with Gasteiger partial charge in [0, 0.05) is 19.0 Å². The number of hydrogen-bond donors (Lipinski definition) is 2. The van der Waals surface area contributed by atoms with E-state index in [2.05, 4.69) is 29.6 Å². The molecule has 2 atom stereocenters. The first-order valence-electron chi connectivity index (χ1n) is 6.33. The number of aliphatic hydroxyl groups excluding tert-OH is 1. The monoisotopic (exact) mass is 259 g/mol. The van der Waals surface area contributed by atoms with E-state index < -0.39 is 0 Å². The highest BCUT2D eigenvalue weighted by atomic mass is 32.1. The van der Waals surface area contributed by atoms with Crippen LogP contribution in [-0.4, -0.2) is 18.2 Å². The maximum atomic E-state index is 9.95. The highest BCUT2D eigenvalue weighted by Gasteiger charge is 2.24. The minimum absolute atomic E-state index is 0.383. The van der Waals surface area contributed by atoms with Crippen molar-refractivity contribution in [1.82, 2.24) is 5.32 Å². The highest BCUT2D eigenvalue weighted by Crippen LogP contribution is 2.34. The van der Waals surface area contributed by atoms with Crippen LogP contribution in [0.1, 0.15) is 28.7 Å². The highest BCUT2D eigenvalue weighted by molar-refractivity contribution is 7.07. The summed E-state index contributed by atoms with van der Waals surface area (Å²) in [5.74, 6) is 0.621. The van der Waals surface area contributed by atoms with Gasteiger partial charge in [0.15, 0.2) is 0 Å². The summed E-state index contributed by atoms with van der Waals surface area (Å²) in [6, 6.07) is 10.6. The molecule has 2 nitrogen and oxygen atoms in total. The Morgan fingerprint density at radius 1 is 1.33 bits per heavy atom. The van der Waals surface area contributed by atoms with E-state index in [-0.39, 0.29) is 6.10 Å². The predicted octanol–water partition coefficient (Wildman–Crippen LogP) is 2.71. The van der Waals surface area contributed by atoms with Crippen molar-refractivity contribution >= 4 is 11.3 Å². The smallest absolute Gasteiger partial charge is 0.0922 e. The zero-order valence-electron chi connectivity index (χ0n) is 10.2. The van der Waals surface area contributed by atoms with Gasteiger partial charge in [-0.15, -0.1) is 0 Å². The van der Waals surface area contributed by atoms with Crippen LogP contribution in [0, 0.1) is 0 Å². The molecule has 2 N–H and O–H groups in total. The lowest BCUT2D eigenvalue weighted by atomic mass is 9.77. The van der Waals surface area contributed by atoms with Crippen LogP contribution in [0.25, 0.3) is 0 Å². The second-order valence-electron chi connectivity index (χ2n) is 4.83. The van der Waals surface area contributed by atoms with Crippen molar-refractivity contribution in [1.29, 1.82) is 0 Å². The Balaban J connectivity index is 1.47. The van der Waals surface area contributed by atoms with Gasteiger partial charge in [0.25, 0.3) is 0 Å². The molecule has 0 radical (unpaired) electrons. The summed E-state index contributed by atoms with van der Waals surface area (Å²) in [5.41, 5.74) is 3.96. The van der Waals surface area contributed by atoms with E-state index in [1.807, 2.05) is 16.8 Å². The maximum absolute atomic E-state index is 9.95. The summed E-state index contributed by atoms with van der Waals surface area (Å²) >= 11 is 1.63. The molecule has 3 heteroatoms. The molecule has 3 rings (SSSR count). The van der Waals surface area contributed by atoms with Crippen LogP contribution in [-0.2, 0) is 6.42 Å². The largest absolute Gasteiger partial charge is 0.387 e. The first-order chi connectivity index (χ1) is 8.84. The van der Waals surface area contributed by atoms with Crippen LogP contribution in [0.5, 0.6) is 0 Å². The van der Waals surface area contributed by atoms with Crippen LogP contribution < -0.4 is 5.32 Å². The zero-order chi connectivity index (χ0) is 12.4. The van der Waals surface area contributed by atoms with Crippen molar-refractivity contribution in [2.24, 2.45) is 0 Å². The molecule has 1 aromatic heterocycles. The molecule has 18 heavy (non-hydrogen) atoms. The van der Waals surface area contributed by atoms with E-state index in [0.717, 1.165) is 18.5 Å². The first kappa shape index (κ1) is 11.9. The summed E-state index contributed by atoms with van der Waals surface area (Å²) in [6.45, 7) is 1.59. The lowest BCUT2D eigenvalue weighted by Gasteiger charge is -2.30. The van der Waals surface area contributed by atoms with E-state index in [4.69, 9.17) is 0 Å². The van der Waals surface area contributed by atoms with Crippen LogP contribution in [0.4, 0.5) is 0 Å². The Morgan fingerprint density at radius 3 is 3.00 bits per heavy atom. The van der Waals surface area contributed by atoms with E-state index in [0.29, 0.717) is 12.5 Å². The Labute approximate surface area is 111 Å². The number of hydrogen-bond acceptors (Lipinski definition) is 3. The molecule has 2 unspecified atom stereocenters. The number of thiophene rings is 1. The summed E-state index contributed by atoms with van der Waals surface area (Å²) in [7, 11) is 0. The summed E-state index contributed by atoms with van der Waals surface area (Å²) in [4.78, 5) is 0. The number of rotatable bonds is 5. The second-order valence-corrected chi connectivity index (χ2v) is 5.61. The van der Waals surface area contributed by atoms with Crippen LogP contribution >= 0.6 is 11.3 Å². The SMILES string of the molecule is OC(CNCC1Cc2ccccc21)c1ccsc1.